The molecular weight excluding hydrogens is 250 g/mol. The molecular formula is C17H27NO2. The molecule has 0 radical (unpaired) electrons. The maximum Gasteiger partial charge on any atom is 0.161 e. The first-order valence-electron chi connectivity index (χ1n) is 7.84. The van der Waals surface area contributed by atoms with Gasteiger partial charge in [-0.05, 0) is 36.5 Å². The van der Waals surface area contributed by atoms with Crippen molar-refractivity contribution in [2.24, 2.45) is 5.92 Å². The molecule has 1 aromatic carbocycles. The maximum absolute atomic E-state index is 5.63. The van der Waals surface area contributed by atoms with Crippen LogP contribution in [0.15, 0.2) is 18.2 Å². The monoisotopic (exact) mass is 277 g/mol. The Hall–Kier alpha value is -1.22. The fraction of sp³-hybridized carbons (Fsp3) is 0.647. The van der Waals surface area contributed by atoms with E-state index in [0.717, 1.165) is 24.0 Å². The zero-order valence-corrected chi connectivity index (χ0v) is 12.9. The van der Waals surface area contributed by atoms with Crippen molar-refractivity contribution in [2.75, 3.05) is 13.2 Å². The van der Waals surface area contributed by atoms with Gasteiger partial charge in [-0.2, -0.15) is 0 Å². The van der Waals surface area contributed by atoms with Crippen molar-refractivity contribution in [3.05, 3.63) is 23.8 Å². The zero-order chi connectivity index (χ0) is 14.4. The number of rotatable bonds is 7. The lowest BCUT2D eigenvalue weighted by molar-refractivity contribution is 0.171. The molecule has 112 valence electrons. The summed E-state index contributed by atoms with van der Waals surface area (Å²) in [5, 5.41) is 3.66. The van der Waals surface area contributed by atoms with Crippen LogP contribution in [0.25, 0.3) is 0 Å². The van der Waals surface area contributed by atoms with Gasteiger partial charge < -0.3 is 14.8 Å². The van der Waals surface area contributed by atoms with E-state index in [2.05, 4.69) is 38.2 Å². The predicted octanol–water partition coefficient (Wildman–Crippen LogP) is 3.76. The molecule has 0 spiro atoms. The summed E-state index contributed by atoms with van der Waals surface area (Å²) in [6.45, 7) is 9.04. The predicted molar refractivity (Wildman–Crippen MR) is 82.4 cm³/mol. The lowest BCUT2D eigenvalue weighted by Gasteiger charge is -2.22. The van der Waals surface area contributed by atoms with Crippen LogP contribution in [-0.2, 0) is 6.54 Å². The lowest BCUT2D eigenvalue weighted by atomic mass is 9.97. The van der Waals surface area contributed by atoms with Gasteiger partial charge in [0.05, 0.1) is 0 Å². The second kappa shape index (κ2) is 7.53. The number of benzene rings is 1. The molecule has 20 heavy (non-hydrogen) atoms. The highest BCUT2D eigenvalue weighted by molar-refractivity contribution is 5.43. The van der Waals surface area contributed by atoms with Crippen LogP contribution in [0.4, 0.5) is 0 Å². The quantitative estimate of drug-likeness (QED) is 0.823. The summed E-state index contributed by atoms with van der Waals surface area (Å²) in [6.07, 6.45) is 3.68. The molecule has 0 aliphatic carbocycles. The normalized spacial score (nSPS) is 16.8. The molecule has 0 aromatic heterocycles. The average Bonchev–Trinajstić information content (AvgIpc) is 2.50. The van der Waals surface area contributed by atoms with Crippen LogP contribution in [0.2, 0.25) is 0 Å². The van der Waals surface area contributed by atoms with Gasteiger partial charge in [0.25, 0.3) is 0 Å². The van der Waals surface area contributed by atoms with Crippen molar-refractivity contribution in [1.82, 2.24) is 5.32 Å². The van der Waals surface area contributed by atoms with Crippen LogP contribution in [0.1, 0.15) is 45.6 Å². The van der Waals surface area contributed by atoms with E-state index in [1.807, 2.05) is 6.07 Å². The largest absolute Gasteiger partial charge is 0.486 e. The fourth-order valence-corrected chi connectivity index (χ4v) is 2.51. The first-order valence-corrected chi connectivity index (χ1v) is 7.84. The Labute approximate surface area is 122 Å². The molecule has 0 bridgehead atoms. The minimum Gasteiger partial charge on any atom is -0.486 e. The third-order valence-corrected chi connectivity index (χ3v) is 4.08. The summed E-state index contributed by atoms with van der Waals surface area (Å²) in [5.41, 5.74) is 1.26. The molecule has 2 atom stereocenters. The standard InChI is InChI=1S/C17H27NO2/c1-4-13(3)10-15(5-2)18-12-14-6-7-16-17(11-14)20-9-8-19-16/h6-7,11,13,15,18H,4-5,8-10,12H2,1-3H3. The Morgan fingerprint density at radius 2 is 1.85 bits per heavy atom. The second-order valence-electron chi connectivity index (χ2n) is 5.71. The van der Waals surface area contributed by atoms with E-state index in [-0.39, 0.29) is 0 Å². The van der Waals surface area contributed by atoms with Crippen molar-refractivity contribution in [2.45, 2.75) is 52.6 Å². The molecule has 1 aliphatic heterocycles. The van der Waals surface area contributed by atoms with E-state index < -0.39 is 0 Å². The number of hydrogen-bond acceptors (Lipinski definition) is 3. The van der Waals surface area contributed by atoms with Crippen LogP contribution in [0.3, 0.4) is 0 Å². The summed E-state index contributed by atoms with van der Waals surface area (Å²) >= 11 is 0. The van der Waals surface area contributed by atoms with Crippen molar-refractivity contribution < 1.29 is 9.47 Å². The van der Waals surface area contributed by atoms with E-state index in [0.29, 0.717) is 19.3 Å². The molecule has 0 saturated carbocycles. The Morgan fingerprint density at radius 1 is 1.10 bits per heavy atom. The first-order chi connectivity index (χ1) is 9.72. The summed E-state index contributed by atoms with van der Waals surface area (Å²) in [4.78, 5) is 0. The molecule has 2 unspecified atom stereocenters. The summed E-state index contributed by atoms with van der Waals surface area (Å²) in [5.74, 6) is 2.53. The Morgan fingerprint density at radius 3 is 2.55 bits per heavy atom. The Balaban J connectivity index is 1.89. The van der Waals surface area contributed by atoms with Gasteiger partial charge in [0.1, 0.15) is 13.2 Å². The van der Waals surface area contributed by atoms with Gasteiger partial charge in [-0.1, -0.05) is 33.3 Å². The first kappa shape index (κ1) is 15.2. The molecule has 3 heteroatoms. The van der Waals surface area contributed by atoms with Gasteiger partial charge in [0.2, 0.25) is 0 Å². The average molecular weight is 277 g/mol. The molecule has 2 rings (SSSR count). The Bertz CT molecular complexity index is 419. The number of fused-ring (bicyclic) bond motifs is 1. The van der Waals surface area contributed by atoms with Crippen LogP contribution < -0.4 is 14.8 Å². The van der Waals surface area contributed by atoms with Gasteiger partial charge in [0.15, 0.2) is 11.5 Å². The minimum absolute atomic E-state index is 0.596. The summed E-state index contributed by atoms with van der Waals surface area (Å²) in [7, 11) is 0. The molecule has 0 amide bonds. The lowest BCUT2D eigenvalue weighted by Crippen LogP contribution is -2.29. The third kappa shape index (κ3) is 4.14. The van der Waals surface area contributed by atoms with Gasteiger partial charge >= 0.3 is 0 Å². The molecule has 1 heterocycles. The van der Waals surface area contributed by atoms with E-state index in [1.165, 1.54) is 24.8 Å². The van der Waals surface area contributed by atoms with E-state index >= 15 is 0 Å². The van der Waals surface area contributed by atoms with E-state index in [9.17, 15) is 0 Å². The molecule has 0 saturated heterocycles. The van der Waals surface area contributed by atoms with Crippen LogP contribution in [0, 0.1) is 5.92 Å². The fourth-order valence-electron chi connectivity index (χ4n) is 2.51. The van der Waals surface area contributed by atoms with Crippen molar-refractivity contribution >= 4 is 0 Å². The van der Waals surface area contributed by atoms with Crippen LogP contribution in [-0.4, -0.2) is 19.3 Å². The van der Waals surface area contributed by atoms with Gasteiger partial charge in [-0.3, -0.25) is 0 Å². The molecule has 1 aromatic rings. The summed E-state index contributed by atoms with van der Waals surface area (Å²) < 4.78 is 11.2. The highest BCUT2D eigenvalue weighted by Crippen LogP contribution is 2.30. The van der Waals surface area contributed by atoms with Crippen molar-refractivity contribution in [3.8, 4) is 11.5 Å². The topological polar surface area (TPSA) is 30.5 Å². The minimum atomic E-state index is 0.596. The van der Waals surface area contributed by atoms with E-state index in [4.69, 9.17) is 9.47 Å². The van der Waals surface area contributed by atoms with Gasteiger partial charge in [-0.15, -0.1) is 0 Å². The molecule has 0 fully saturated rings. The van der Waals surface area contributed by atoms with E-state index in [1.54, 1.807) is 0 Å². The van der Waals surface area contributed by atoms with Crippen molar-refractivity contribution in [3.63, 3.8) is 0 Å². The van der Waals surface area contributed by atoms with Gasteiger partial charge in [-0.25, -0.2) is 0 Å². The SMILES string of the molecule is CCC(C)CC(CC)NCc1ccc2c(c1)OCCO2. The smallest absolute Gasteiger partial charge is 0.161 e. The Kier molecular flexibility index (Phi) is 5.72. The zero-order valence-electron chi connectivity index (χ0n) is 12.9. The van der Waals surface area contributed by atoms with Gasteiger partial charge in [0, 0.05) is 12.6 Å². The number of ether oxygens (including phenoxy) is 2. The van der Waals surface area contributed by atoms with Crippen LogP contribution >= 0.6 is 0 Å². The second-order valence-corrected chi connectivity index (χ2v) is 5.71. The highest BCUT2D eigenvalue weighted by Gasteiger charge is 2.13. The number of hydrogen-bond donors (Lipinski definition) is 1. The molecule has 1 N–H and O–H groups in total. The summed E-state index contributed by atoms with van der Waals surface area (Å²) in [6, 6.07) is 6.83. The maximum atomic E-state index is 5.63. The molecule has 3 nitrogen and oxygen atoms in total. The van der Waals surface area contributed by atoms with Crippen molar-refractivity contribution in [1.29, 1.82) is 0 Å². The highest BCUT2D eigenvalue weighted by atomic mass is 16.6. The number of nitrogens with one attached hydrogen (secondary N) is 1. The molecule has 1 aliphatic rings. The van der Waals surface area contributed by atoms with Crippen LogP contribution in [0.5, 0.6) is 11.5 Å². The third-order valence-electron chi connectivity index (χ3n) is 4.08.